The summed E-state index contributed by atoms with van der Waals surface area (Å²) < 4.78 is 62.3. The number of halogens is 3. The van der Waals surface area contributed by atoms with Crippen LogP contribution in [0.5, 0.6) is 17.2 Å². The molecule has 0 N–H and O–H groups in total. The third-order valence-corrected chi connectivity index (χ3v) is 6.44. The van der Waals surface area contributed by atoms with Crippen LogP contribution in [0.15, 0.2) is 69.9 Å². The highest BCUT2D eigenvalue weighted by molar-refractivity contribution is 6.22. The second-order valence-electron chi connectivity index (χ2n) is 9.42. The van der Waals surface area contributed by atoms with E-state index < -0.39 is 46.5 Å². The molecule has 9 nitrogen and oxygen atoms in total. The van der Waals surface area contributed by atoms with Crippen LogP contribution in [-0.4, -0.2) is 42.9 Å². The number of rotatable bonds is 8. The molecule has 4 aromatic rings. The van der Waals surface area contributed by atoms with Crippen molar-refractivity contribution in [3.8, 4) is 17.2 Å². The van der Waals surface area contributed by atoms with Crippen molar-refractivity contribution in [3.05, 3.63) is 98.9 Å². The first-order valence-corrected chi connectivity index (χ1v) is 12.6. The maximum atomic E-state index is 13.9. The molecule has 2 amide bonds. The summed E-state index contributed by atoms with van der Waals surface area (Å²) in [6, 6.07) is 13.3. The van der Waals surface area contributed by atoms with Crippen molar-refractivity contribution in [2.24, 2.45) is 0 Å². The normalized spacial score (nSPS) is 13.0. The summed E-state index contributed by atoms with van der Waals surface area (Å²) in [4.78, 5) is 52.3. The number of amides is 2. The van der Waals surface area contributed by atoms with Gasteiger partial charge in [0.25, 0.3) is 17.6 Å². The lowest BCUT2D eigenvalue weighted by Crippen LogP contribution is -2.31. The van der Waals surface area contributed by atoms with Crippen LogP contribution in [0.2, 0.25) is 0 Å². The maximum Gasteiger partial charge on any atom is 0.453 e. The summed E-state index contributed by atoms with van der Waals surface area (Å²) >= 11 is 0. The largest absolute Gasteiger partial charge is 0.453 e. The van der Waals surface area contributed by atoms with E-state index in [9.17, 15) is 32.3 Å². The van der Waals surface area contributed by atoms with Crippen LogP contribution in [0.25, 0.3) is 11.0 Å². The van der Waals surface area contributed by atoms with E-state index in [-0.39, 0.29) is 40.1 Å². The van der Waals surface area contributed by atoms with E-state index in [1.807, 2.05) is 0 Å². The molecule has 5 rings (SSSR count). The average Bonchev–Trinajstić information content (AvgIpc) is 3.18. The van der Waals surface area contributed by atoms with Crippen LogP contribution in [0.4, 0.5) is 13.2 Å². The van der Waals surface area contributed by atoms with Crippen LogP contribution >= 0.6 is 0 Å². The van der Waals surface area contributed by atoms with E-state index in [0.29, 0.717) is 18.6 Å². The highest BCUT2D eigenvalue weighted by Crippen LogP contribution is 2.39. The van der Waals surface area contributed by atoms with Crippen LogP contribution in [-0.2, 0) is 10.9 Å². The Labute approximate surface area is 236 Å². The van der Waals surface area contributed by atoms with Crippen LogP contribution in [0, 0.1) is 6.92 Å². The number of alkyl halides is 3. The molecule has 0 unspecified atom stereocenters. The molecule has 1 aliphatic heterocycles. The molecule has 0 atom stereocenters. The van der Waals surface area contributed by atoms with E-state index in [1.165, 1.54) is 43.5 Å². The summed E-state index contributed by atoms with van der Waals surface area (Å²) in [6.45, 7) is 2.20. The molecule has 0 saturated heterocycles. The first-order valence-electron chi connectivity index (χ1n) is 12.6. The minimum Gasteiger partial charge on any atom is -0.449 e. The van der Waals surface area contributed by atoms with Crippen molar-refractivity contribution in [1.29, 1.82) is 0 Å². The third-order valence-electron chi connectivity index (χ3n) is 6.44. The van der Waals surface area contributed by atoms with E-state index in [2.05, 4.69) is 0 Å². The van der Waals surface area contributed by atoms with Gasteiger partial charge in [-0.1, -0.05) is 12.1 Å². The molecule has 216 valence electrons. The van der Waals surface area contributed by atoms with Gasteiger partial charge in [-0.15, -0.1) is 0 Å². The van der Waals surface area contributed by atoms with Crippen molar-refractivity contribution in [2.75, 3.05) is 20.3 Å². The highest BCUT2D eigenvalue weighted by Gasteiger charge is 2.41. The summed E-state index contributed by atoms with van der Waals surface area (Å²) in [7, 11) is 1.50. The maximum absolute atomic E-state index is 13.9. The second kappa shape index (κ2) is 11.1. The van der Waals surface area contributed by atoms with Gasteiger partial charge in [0.05, 0.1) is 22.1 Å². The van der Waals surface area contributed by atoms with E-state index in [1.54, 1.807) is 19.1 Å². The minimum atomic E-state index is -5.08. The SMILES string of the molecule is COCCCN1C(=O)c2ccc(C(=O)Oc3ccc4c(=O)c(Oc5cccc(C)c5)c(C(F)(F)F)oc4c3)cc2C1=O. The minimum absolute atomic E-state index is 0.0188. The lowest BCUT2D eigenvalue weighted by atomic mass is 10.1. The monoisotopic (exact) mass is 581 g/mol. The van der Waals surface area contributed by atoms with E-state index >= 15 is 0 Å². The number of imide groups is 1. The fraction of sp³-hybridized carbons (Fsp3) is 0.200. The highest BCUT2D eigenvalue weighted by atomic mass is 19.4. The van der Waals surface area contributed by atoms with Gasteiger partial charge >= 0.3 is 12.1 Å². The Morgan fingerprint density at radius 1 is 0.929 bits per heavy atom. The first kappa shape index (κ1) is 28.6. The van der Waals surface area contributed by atoms with Gasteiger partial charge < -0.3 is 18.6 Å². The molecule has 0 bridgehead atoms. The predicted molar refractivity (Wildman–Crippen MR) is 142 cm³/mol. The number of ether oxygens (including phenoxy) is 3. The summed E-state index contributed by atoms with van der Waals surface area (Å²) in [6.07, 6.45) is -4.64. The number of hydrogen-bond donors (Lipinski definition) is 0. The Morgan fingerprint density at radius 2 is 1.69 bits per heavy atom. The molecule has 12 heteroatoms. The molecule has 0 spiro atoms. The van der Waals surface area contributed by atoms with Gasteiger partial charge in [0.1, 0.15) is 17.1 Å². The summed E-state index contributed by atoms with van der Waals surface area (Å²) in [5.41, 5.74) is -0.780. The fourth-order valence-electron chi connectivity index (χ4n) is 4.45. The zero-order chi connectivity index (χ0) is 30.2. The molecule has 0 radical (unpaired) electrons. The number of carbonyl (C=O) groups is 3. The Morgan fingerprint density at radius 3 is 2.40 bits per heavy atom. The third kappa shape index (κ3) is 5.48. The van der Waals surface area contributed by atoms with Crippen molar-refractivity contribution >= 4 is 28.8 Å². The Balaban J connectivity index is 1.43. The van der Waals surface area contributed by atoms with Gasteiger partial charge in [0.15, 0.2) is 0 Å². The number of fused-ring (bicyclic) bond motifs is 2. The Kier molecular flexibility index (Phi) is 7.57. The predicted octanol–water partition coefficient (Wildman–Crippen LogP) is 5.76. The molecular formula is C30H22F3NO8. The lowest BCUT2D eigenvalue weighted by molar-refractivity contribution is -0.154. The number of esters is 1. The zero-order valence-electron chi connectivity index (χ0n) is 22.2. The quantitative estimate of drug-likeness (QED) is 0.112. The Bertz CT molecular complexity index is 1790. The van der Waals surface area contributed by atoms with Crippen molar-refractivity contribution in [3.63, 3.8) is 0 Å². The summed E-state index contributed by atoms with van der Waals surface area (Å²) in [5, 5.41) is -0.236. The van der Waals surface area contributed by atoms with Crippen LogP contribution in [0.1, 0.15) is 48.8 Å². The van der Waals surface area contributed by atoms with Gasteiger partial charge in [-0.05, 0) is 61.4 Å². The van der Waals surface area contributed by atoms with Gasteiger partial charge in [-0.2, -0.15) is 13.2 Å². The number of hydrogen-bond acceptors (Lipinski definition) is 8. The first-order chi connectivity index (χ1) is 20.0. The molecule has 3 aromatic carbocycles. The molecule has 2 heterocycles. The number of methoxy groups -OCH3 is 1. The summed E-state index contributed by atoms with van der Waals surface area (Å²) in [5.74, 6) is -4.90. The second-order valence-corrected chi connectivity index (χ2v) is 9.42. The topological polar surface area (TPSA) is 112 Å². The number of aryl methyl sites for hydroxylation is 1. The number of nitrogens with zero attached hydrogens (tertiary/aromatic N) is 1. The fourth-order valence-corrected chi connectivity index (χ4v) is 4.45. The molecule has 0 saturated carbocycles. The molecule has 0 aliphatic carbocycles. The van der Waals surface area contributed by atoms with Crippen LogP contribution < -0.4 is 14.9 Å². The molecule has 0 fully saturated rings. The molecule has 1 aromatic heterocycles. The average molecular weight is 581 g/mol. The van der Waals surface area contributed by atoms with Gasteiger partial charge in [0.2, 0.25) is 11.2 Å². The lowest BCUT2D eigenvalue weighted by Gasteiger charge is -2.14. The smallest absolute Gasteiger partial charge is 0.449 e. The molecule has 42 heavy (non-hydrogen) atoms. The molecular weight excluding hydrogens is 559 g/mol. The van der Waals surface area contributed by atoms with Crippen molar-refractivity contribution < 1.29 is 46.2 Å². The zero-order valence-corrected chi connectivity index (χ0v) is 22.2. The van der Waals surface area contributed by atoms with Crippen molar-refractivity contribution in [2.45, 2.75) is 19.5 Å². The van der Waals surface area contributed by atoms with E-state index in [0.717, 1.165) is 17.0 Å². The van der Waals surface area contributed by atoms with Gasteiger partial charge in [-0.25, -0.2) is 4.79 Å². The van der Waals surface area contributed by atoms with Crippen molar-refractivity contribution in [1.82, 2.24) is 4.90 Å². The number of carbonyl (C=O) groups excluding carboxylic acids is 3. The number of benzene rings is 3. The Hall–Kier alpha value is -4.97. The van der Waals surface area contributed by atoms with Gasteiger partial charge in [-0.3, -0.25) is 19.3 Å². The van der Waals surface area contributed by atoms with Gasteiger partial charge in [0, 0.05) is 26.3 Å². The van der Waals surface area contributed by atoms with E-state index in [4.69, 9.17) is 18.6 Å². The standard InChI is InChI=1S/C30H22F3NO8/c1-16-5-3-6-18(13-16)40-25-24(35)21-10-8-19(15-23(21)42-26(25)30(31,32)33)41-29(38)17-7-9-20-22(14-17)28(37)34(27(20)36)11-4-12-39-2/h3,5-10,13-15H,4,11-12H2,1-2H3. The molecule has 1 aliphatic rings. The van der Waals surface area contributed by atoms with Crippen LogP contribution in [0.3, 0.4) is 0 Å².